The second kappa shape index (κ2) is 7.66. The number of rotatable bonds is 5. The van der Waals surface area contributed by atoms with E-state index in [1.807, 2.05) is 0 Å². The molecule has 7 atom stereocenters. The van der Waals surface area contributed by atoms with Gasteiger partial charge < -0.3 is 10.2 Å². The van der Waals surface area contributed by atoms with Crippen molar-refractivity contribution >= 4 is 0 Å². The van der Waals surface area contributed by atoms with E-state index in [-0.39, 0.29) is 11.5 Å². The normalized spacial score (nSPS) is 45.7. The van der Waals surface area contributed by atoms with Gasteiger partial charge in [0.05, 0.1) is 11.7 Å². The van der Waals surface area contributed by atoms with Gasteiger partial charge in [-0.15, -0.1) is 0 Å². The Kier molecular flexibility index (Phi) is 5.78. The van der Waals surface area contributed by atoms with Crippen LogP contribution in [0.15, 0.2) is 11.1 Å². The molecule has 0 spiro atoms. The monoisotopic (exact) mass is 402 g/mol. The summed E-state index contributed by atoms with van der Waals surface area (Å²) in [4.78, 5) is 0. The third-order valence-electron chi connectivity index (χ3n) is 10.3. The molecule has 0 aliphatic heterocycles. The number of aliphatic hydroxyl groups excluding tert-OH is 1. The lowest BCUT2D eigenvalue weighted by Gasteiger charge is -2.58. The molecule has 2 heteroatoms. The van der Waals surface area contributed by atoms with E-state index in [2.05, 4.69) is 34.6 Å². The van der Waals surface area contributed by atoms with E-state index in [4.69, 9.17) is 0 Å². The lowest BCUT2D eigenvalue weighted by molar-refractivity contribution is -0.135. The van der Waals surface area contributed by atoms with Crippen molar-refractivity contribution in [3.63, 3.8) is 0 Å². The van der Waals surface area contributed by atoms with Crippen molar-refractivity contribution in [1.29, 1.82) is 0 Å². The molecule has 0 amide bonds. The Labute approximate surface area is 179 Å². The first-order valence-corrected chi connectivity index (χ1v) is 12.7. The molecule has 29 heavy (non-hydrogen) atoms. The zero-order valence-corrected chi connectivity index (χ0v) is 19.8. The lowest BCUT2D eigenvalue weighted by Crippen LogP contribution is -2.57. The van der Waals surface area contributed by atoms with Crippen LogP contribution in [0, 0.1) is 34.5 Å². The van der Waals surface area contributed by atoms with Crippen molar-refractivity contribution < 1.29 is 10.2 Å². The summed E-state index contributed by atoms with van der Waals surface area (Å²) in [5.41, 5.74) is 3.06. The summed E-state index contributed by atoms with van der Waals surface area (Å²) < 4.78 is 0. The SMILES string of the molecule is CC(C)CCC[C@@H](C)[C@H]1CC[C@H]2C3=C(CC[C@]12C)[C@@]1(C)CC[C@H](O)C[C@]1(O)CC3. The predicted molar refractivity (Wildman–Crippen MR) is 121 cm³/mol. The lowest BCUT2D eigenvalue weighted by atomic mass is 9.49. The van der Waals surface area contributed by atoms with Crippen LogP contribution in [0.1, 0.15) is 112 Å². The maximum absolute atomic E-state index is 11.6. The van der Waals surface area contributed by atoms with Crippen molar-refractivity contribution in [2.45, 2.75) is 123 Å². The molecule has 4 aliphatic rings. The number of fused-ring (bicyclic) bond motifs is 4. The molecule has 2 fully saturated rings. The largest absolute Gasteiger partial charge is 0.393 e. The van der Waals surface area contributed by atoms with E-state index in [1.165, 1.54) is 44.9 Å². The number of allylic oxidation sites excluding steroid dienone is 1. The minimum absolute atomic E-state index is 0.0951. The van der Waals surface area contributed by atoms with Crippen LogP contribution in [-0.4, -0.2) is 21.9 Å². The standard InChI is InChI=1S/C27H46O2/c1-18(2)7-6-8-19(3)22-9-10-23-21-12-16-27(29)17-20(28)11-15-26(27,5)24(21)13-14-25(22,23)4/h18-20,22-23,28-29H,6-17H2,1-5H3/t19-,20+,22-,23+,25-,26-,27-/m1/s1. The Bertz CT molecular complexity index is 651. The van der Waals surface area contributed by atoms with Gasteiger partial charge in [0, 0.05) is 11.8 Å². The molecule has 4 rings (SSSR count). The average molecular weight is 403 g/mol. The molecule has 166 valence electrons. The Morgan fingerprint density at radius 2 is 1.72 bits per heavy atom. The van der Waals surface area contributed by atoms with E-state index < -0.39 is 5.60 Å². The number of hydrogen-bond donors (Lipinski definition) is 2. The predicted octanol–water partition coefficient (Wildman–Crippen LogP) is 6.65. The van der Waals surface area contributed by atoms with Crippen LogP contribution < -0.4 is 0 Å². The zero-order chi connectivity index (χ0) is 21.0. The molecule has 0 heterocycles. The molecule has 0 saturated heterocycles. The molecule has 0 aromatic rings. The summed E-state index contributed by atoms with van der Waals surface area (Å²) in [7, 11) is 0. The first-order chi connectivity index (χ1) is 13.6. The van der Waals surface area contributed by atoms with Crippen molar-refractivity contribution in [3.8, 4) is 0 Å². The van der Waals surface area contributed by atoms with Crippen molar-refractivity contribution in [1.82, 2.24) is 0 Å². The summed E-state index contributed by atoms with van der Waals surface area (Å²) >= 11 is 0. The van der Waals surface area contributed by atoms with Gasteiger partial charge in [0.25, 0.3) is 0 Å². The molecule has 0 radical (unpaired) electrons. The minimum Gasteiger partial charge on any atom is -0.393 e. The van der Waals surface area contributed by atoms with Crippen LogP contribution in [0.2, 0.25) is 0 Å². The van der Waals surface area contributed by atoms with Gasteiger partial charge in [-0.25, -0.2) is 0 Å². The fraction of sp³-hybridized carbons (Fsp3) is 0.926. The second-order valence-electron chi connectivity index (χ2n) is 12.3. The molecule has 0 bridgehead atoms. The maximum Gasteiger partial charge on any atom is 0.0765 e. The van der Waals surface area contributed by atoms with Gasteiger partial charge in [-0.2, -0.15) is 0 Å². The van der Waals surface area contributed by atoms with E-state index in [0.717, 1.165) is 49.4 Å². The summed E-state index contributed by atoms with van der Waals surface area (Å²) in [6, 6.07) is 0. The van der Waals surface area contributed by atoms with E-state index in [0.29, 0.717) is 11.8 Å². The molecule has 0 unspecified atom stereocenters. The summed E-state index contributed by atoms with van der Waals surface area (Å²) in [6.45, 7) is 12.2. The van der Waals surface area contributed by atoms with Crippen LogP contribution in [0.3, 0.4) is 0 Å². The van der Waals surface area contributed by atoms with Crippen LogP contribution in [0.5, 0.6) is 0 Å². The average Bonchev–Trinajstić information content (AvgIpc) is 2.99. The summed E-state index contributed by atoms with van der Waals surface area (Å²) in [5.74, 6) is 3.28. The number of hydrogen-bond acceptors (Lipinski definition) is 2. The molecular formula is C27H46O2. The summed E-state index contributed by atoms with van der Waals surface area (Å²) in [5, 5.41) is 21.8. The second-order valence-corrected chi connectivity index (χ2v) is 12.3. The molecular weight excluding hydrogens is 356 g/mol. The van der Waals surface area contributed by atoms with Crippen LogP contribution in [0.25, 0.3) is 0 Å². The molecule has 0 aromatic heterocycles. The van der Waals surface area contributed by atoms with Crippen molar-refractivity contribution in [2.75, 3.05) is 0 Å². The quantitative estimate of drug-likeness (QED) is 0.506. The van der Waals surface area contributed by atoms with E-state index in [1.54, 1.807) is 11.1 Å². The Morgan fingerprint density at radius 3 is 2.45 bits per heavy atom. The Balaban J connectivity index is 1.56. The van der Waals surface area contributed by atoms with E-state index >= 15 is 0 Å². The first kappa shape index (κ1) is 21.9. The van der Waals surface area contributed by atoms with Crippen LogP contribution in [-0.2, 0) is 0 Å². The topological polar surface area (TPSA) is 40.5 Å². The highest BCUT2D eigenvalue weighted by Crippen LogP contribution is 2.66. The van der Waals surface area contributed by atoms with Gasteiger partial charge in [0.2, 0.25) is 0 Å². The molecule has 2 saturated carbocycles. The maximum atomic E-state index is 11.6. The molecule has 0 aromatic carbocycles. The third kappa shape index (κ3) is 3.45. The molecule has 2 nitrogen and oxygen atoms in total. The smallest absolute Gasteiger partial charge is 0.0765 e. The highest BCUT2D eigenvalue weighted by molar-refractivity contribution is 5.37. The van der Waals surface area contributed by atoms with Gasteiger partial charge in [-0.05, 0) is 80.5 Å². The fourth-order valence-electron chi connectivity index (χ4n) is 8.46. The van der Waals surface area contributed by atoms with Crippen molar-refractivity contribution in [3.05, 3.63) is 11.1 Å². The Hall–Kier alpha value is -0.340. The minimum atomic E-state index is -0.681. The van der Waals surface area contributed by atoms with Gasteiger partial charge in [0.1, 0.15) is 0 Å². The third-order valence-corrected chi connectivity index (χ3v) is 10.3. The highest BCUT2D eigenvalue weighted by Gasteiger charge is 2.60. The van der Waals surface area contributed by atoms with Gasteiger partial charge in [-0.3, -0.25) is 0 Å². The van der Waals surface area contributed by atoms with Gasteiger partial charge in [-0.1, -0.05) is 65.0 Å². The van der Waals surface area contributed by atoms with Crippen molar-refractivity contribution in [2.24, 2.45) is 34.5 Å². The van der Waals surface area contributed by atoms with Crippen LogP contribution >= 0.6 is 0 Å². The Morgan fingerprint density at radius 1 is 0.966 bits per heavy atom. The first-order valence-electron chi connectivity index (χ1n) is 12.7. The summed E-state index contributed by atoms with van der Waals surface area (Å²) in [6.07, 6.45) is 13.4. The van der Waals surface area contributed by atoms with E-state index in [9.17, 15) is 10.2 Å². The molecule has 4 aliphatic carbocycles. The number of aliphatic hydroxyl groups is 2. The highest BCUT2D eigenvalue weighted by atomic mass is 16.3. The van der Waals surface area contributed by atoms with Crippen LogP contribution in [0.4, 0.5) is 0 Å². The van der Waals surface area contributed by atoms with Gasteiger partial charge >= 0.3 is 0 Å². The zero-order valence-electron chi connectivity index (χ0n) is 19.8. The molecule has 2 N–H and O–H groups in total. The fourth-order valence-corrected chi connectivity index (χ4v) is 8.46. The van der Waals surface area contributed by atoms with Gasteiger partial charge in [0.15, 0.2) is 0 Å².